The third kappa shape index (κ3) is 3.04. The molecule has 3 heterocycles. The van der Waals surface area contributed by atoms with Crippen LogP contribution in [0.5, 0.6) is 0 Å². The third-order valence-electron chi connectivity index (χ3n) is 5.86. The molecule has 1 aromatic carbocycles. The Morgan fingerprint density at radius 1 is 1.04 bits per heavy atom. The van der Waals surface area contributed by atoms with E-state index in [9.17, 15) is 9.59 Å². The summed E-state index contributed by atoms with van der Waals surface area (Å²) in [5.74, 6) is 1.48. The maximum absolute atomic E-state index is 13.2. The van der Waals surface area contributed by atoms with E-state index in [4.69, 9.17) is 0 Å². The Balaban J connectivity index is 1.82. The zero-order valence-corrected chi connectivity index (χ0v) is 17.0. The second kappa shape index (κ2) is 6.96. The van der Waals surface area contributed by atoms with E-state index in [1.54, 1.807) is 7.05 Å². The molecule has 1 saturated heterocycles. The number of hydrogen-bond acceptors (Lipinski definition) is 4. The molecule has 7 nitrogen and oxygen atoms in total. The van der Waals surface area contributed by atoms with Crippen molar-refractivity contribution in [2.45, 2.75) is 33.2 Å². The van der Waals surface area contributed by atoms with Crippen LogP contribution >= 0.6 is 0 Å². The topological polar surface area (TPSA) is 65.1 Å². The first-order valence-electron chi connectivity index (χ1n) is 9.83. The van der Waals surface area contributed by atoms with E-state index in [2.05, 4.69) is 16.8 Å². The predicted octanol–water partition coefficient (Wildman–Crippen LogP) is 2.03. The van der Waals surface area contributed by atoms with Crippen molar-refractivity contribution in [3.05, 3.63) is 56.2 Å². The van der Waals surface area contributed by atoms with Gasteiger partial charge in [0.25, 0.3) is 5.56 Å². The van der Waals surface area contributed by atoms with Crippen LogP contribution in [0.4, 0.5) is 5.95 Å². The van der Waals surface area contributed by atoms with Crippen molar-refractivity contribution in [3.63, 3.8) is 0 Å². The SMILES string of the molecule is Cc1ccc(Cn2c(=O)c3c(nc(N4CCC(C)CC4)n3C)n(C)c2=O)cc1. The van der Waals surface area contributed by atoms with Gasteiger partial charge in [0.2, 0.25) is 5.95 Å². The van der Waals surface area contributed by atoms with Crippen LogP contribution in [0, 0.1) is 12.8 Å². The zero-order valence-electron chi connectivity index (χ0n) is 17.0. The first-order valence-corrected chi connectivity index (χ1v) is 9.83. The van der Waals surface area contributed by atoms with E-state index >= 15 is 0 Å². The molecule has 1 fully saturated rings. The Kier molecular flexibility index (Phi) is 4.61. The van der Waals surface area contributed by atoms with Crippen LogP contribution < -0.4 is 16.1 Å². The van der Waals surface area contributed by atoms with Crippen LogP contribution in [-0.2, 0) is 20.6 Å². The molecule has 0 radical (unpaired) electrons. The van der Waals surface area contributed by atoms with Gasteiger partial charge in [-0.15, -0.1) is 0 Å². The molecule has 1 aliphatic rings. The van der Waals surface area contributed by atoms with Crippen molar-refractivity contribution in [2.75, 3.05) is 18.0 Å². The van der Waals surface area contributed by atoms with Gasteiger partial charge in [-0.2, -0.15) is 4.98 Å². The molecule has 7 heteroatoms. The molecule has 2 aromatic heterocycles. The van der Waals surface area contributed by atoms with Crippen molar-refractivity contribution in [2.24, 2.45) is 20.0 Å². The molecule has 3 aromatic rings. The Bertz CT molecular complexity index is 1130. The Labute approximate surface area is 163 Å². The lowest BCUT2D eigenvalue weighted by molar-refractivity contribution is 0.433. The monoisotopic (exact) mass is 381 g/mol. The molecule has 0 amide bonds. The molecule has 0 N–H and O–H groups in total. The number of fused-ring (bicyclic) bond motifs is 1. The lowest BCUT2D eigenvalue weighted by atomic mass is 10.00. The fraction of sp³-hybridized carbons (Fsp3) is 0.476. The van der Waals surface area contributed by atoms with Crippen molar-refractivity contribution in [1.29, 1.82) is 0 Å². The molecule has 1 aliphatic heterocycles. The molecule has 0 unspecified atom stereocenters. The minimum absolute atomic E-state index is 0.253. The van der Waals surface area contributed by atoms with E-state index in [0.29, 0.717) is 17.1 Å². The highest BCUT2D eigenvalue weighted by Crippen LogP contribution is 2.24. The number of benzene rings is 1. The predicted molar refractivity (Wildman–Crippen MR) is 111 cm³/mol. The summed E-state index contributed by atoms with van der Waals surface area (Å²) in [6.45, 7) is 6.37. The van der Waals surface area contributed by atoms with Gasteiger partial charge in [0.05, 0.1) is 6.54 Å². The molecule has 4 rings (SSSR count). The number of aromatic nitrogens is 4. The van der Waals surface area contributed by atoms with E-state index in [1.807, 2.05) is 42.8 Å². The zero-order chi connectivity index (χ0) is 20.0. The summed E-state index contributed by atoms with van der Waals surface area (Å²) in [5, 5.41) is 0. The molecule has 148 valence electrons. The van der Waals surface area contributed by atoms with Crippen LogP contribution in [0.3, 0.4) is 0 Å². The van der Waals surface area contributed by atoms with Gasteiger partial charge >= 0.3 is 5.69 Å². The first-order chi connectivity index (χ1) is 13.4. The van der Waals surface area contributed by atoms with Gasteiger partial charge in [0.15, 0.2) is 11.2 Å². The smallest absolute Gasteiger partial charge is 0.332 e. The highest BCUT2D eigenvalue weighted by atomic mass is 16.2. The third-order valence-corrected chi connectivity index (χ3v) is 5.86. The summed E-state index contributed by atoms with van der Waals surface area (Å²) >= 11 is 0. The quantitative estimate of drug-likeness (QED) is 0.696. The maximum atomic E-state index is 13.2. The second-order valence-electron chi connectivity index (χ2n) is 8.03. The summed E-state index contributed by atoms with van der Waals surface area (Å²) in [6.07, 6.45) is 2.22. The number of hydrogen-bond donors (Lipinski definition) is 0. The second-order valence-corrected chi connectivity index (χ2v) is 8.03. The minimum Gasteiger partial charge on any atom is -0.342 e. The number of piperidine rings is 1. The highest BCUT2D eigenvalue weighted by molar-refractivity contribution is 5.74. The van der Waals surface area contributed by atoms with E-state index in [-0.39, 0.29) is 17.8 Å². The van der Waals surface area contributed by atoms with Crippen molar-refractivity contribution in [1.82, 2.24) is 18.7 Å². The van der Waals surface area contributed by atoms with E-state index in [0.717, 1.165) is 43.0 Å². The van der Waals surface area contributed by atoms with Gasteiger partial charge in [0.1, 0.15) is 0 Å². The minimum atomic E-state index is -0.338. The summed E-state index contributed by atoms with van der Waals surface area (Å²) in [5.41, 5.74) is 2.37. The van der Waals surface area contributed by atoms with Gasteiger partial charge in [-0.25, -0.2) is 4.79 Å². The number of imidazole rings is 1. The van der Waals surface area contributed by atoms with Crippen LogP contribution in [0.25, 0.3) is 11.2 Å². The largest absolute Gasteiger partial charge is 0.342 e. The van der Waals surface area contributed by atoms with Crippen molar-refractivity contribution >= 4 is 17.1 Å². The highest BCUT2D eigenvalue weighted by Gasteiger charge is 2.24. The van der Waals surface area contributed by atoms with Gasteiger partial charge in [-0.05, 0) is 31.2 Å². The van der Waals surface area contributed by atoms with Crippen molar-refractivity contribution in [3.8, 4) is 0 Å². The molecule has 0 spiro atoms. The molecule has 0 atom stereocenters. The number of anilines is 1. The molecule has 0 saturated carbocycles. The molecule has 0 bridgehead atoms. The van der Waals surface area contributed by atoms with Crippen LogP contribution in [-0.4, -0.2) is 31.8 Å². The maximum Gasteiger partial charge on any atom is 0.332 e. The number of aryl methyl sites for hydroxylation is 3. The standard InChI is InChI=1S/C21H27N5O2/c1-14-5-7-16(8-6-14)13-26-19(27)17-18(24(4)21(26)28)22-20(23(17)3)25-11-9-15(2)10-12-25/h5-8,15H,9-13H2,1-4H3. The lowest BCUT2D eigenvalue weighted by Gasteiger charge is -2.30. The fourth-order valence-electron chi connectivity index (χ4n) is 3.94. The number of nitrogens with zero attached hydrogens (tertiary/aromatic N) is 5. The Morgan fingerprint density at radius 2 is 1.68 bits per heavy atom. The van der Waals surface area contributed by atoms with Gasteiger partial charge in [-0.1, -0.05) is 36.8 Å². The molecular formula is C21H27N5O2. The molecular weight excluding hydrogens is 354 g/mol. The van der Waals surface area contributed by atoms with Gasteiger partial charge in [0, 0.05) is 27.2 Å². The summed E-state index contributed by atoms with van der Waals surface area (Å²) in [7, 11) is 3.55. The molecule has 28 heavy (non-hydrogen) atoms. The van der Waals surface area contributed by atoms with E-state index in [1.165, 1.54) is 9.13 Å². The number of rotatable bonds is 3. The van der Waals surface area contributed by atoms with Crippen LogP contribution in [0.2, 0.25) is 0 Å². The fourth-order valence-corrected chi connectivity index (χ4v) is 3.94. The van der Waals surface area contributed by atoms with Crippen LogP contribution in [0.15, 0.2) is 33.9 Å². The normalized spacial score (nSPS) is 15.5. The molecule has 0 aliphatic carbocycles. The Morgan fingerprint density at radius 3 is 2.32 bits per heavy atom. The van der Waals surface area contributed by atoms with Gasteiger partial charge in [-0.3, -0.25) is 13.9 Å². The summed E-state index contributed by atoms with van der Waals surface area (Å²) in [4.78, 5) is 33.0. The van der Waals surface area contributed by atoms with E-state index < -0.39 is 0 Å². The van der Waals surface area contributed by atoms with Crippen molar-refractivity contribution < 1.29 is 0 Å². The summed E-state index contributed by atoms with van der Waals surface area (Å²) in [6, 6.07) is 7.88. The average molecular weight is 381 g/mol. The van der Waals surface area contributed by atoms with Gasteiger partial charge < -0.3 is 9.47 Å². The van der Waals surface area contributed by atoms with Crippen LogP contribution in [0.1, 0.15) is 30.9 Å². The Hall–Kier alpha value is -2.83. The first kappa shape index (κ1) is 18.5. The lowest BCUT2D eigenvalue weighted by Crippen LogP contribution is -2.39. The average Bonchev–Trinajstić information content (AvgIpc) is 3.03. The summed E-state index contributed by atoms with van der Waals surface area (Å²) < 4.78 is 4.64.